The van der Waals surface area contributed by atoms with Crippen molar-refractivity contribution in [3.05, 3.63) is 29.3 Å². The van der Waals surface area contributed by atoms with Crippen molar-refractivity contribution in [3.63, 3.8) is 0 Å². The van der Waals surface area contributed by atoms with E-state index in [1.807, 2.05) is 27.7 Å². The summed E-state index contributed by atoms with van der Waals surface area (Å²) in [6.45, 7) is 7.66. The fourth-order valence-electron chi connectivity index (χ4n) is 1.64. The molecule has 0 unspecified atom stereocenters. The normalized spacial score (nSPS) is 11.6. The lowest BCUT2D eigenvalue weighted by molar-refractivity contribution is 0.0456. The molecule has 1 N–H and O–H groups in total. The Morgan fingerprint density at radius 3 is 1.58 bits per heavy atom. The average Bonchev–Trinajstić information content (AvgIpc) is 2.48. The Bertz CT molecular complexity index is 663. The van der Waals surface area contributed by atoms with E-state index >= 15 is 0 Å². The standard InChI is InChI=1S/C16H22O7S/c1-10(2)8-22-15(17)12-5-13(16(18)23-9-11(3)4)7-14(6-12)24(19,20)21/h5-7,10-11H,8-9H2,1-4H3,(H,19,20,21). The van der Waals surface area contributed by atoms with Gasteiger partial charge in [0.1, 0.15) is 0 Å². The molecule has 0 saturated heterocycles. The van der Waals surface area contributed by atoms with Crippen molar-refractivity contribution < 1.29 is 32.0 Å². The first-order chi connectivity index (χ1) is 11.0. The van der Waals surface area contributed by atoms with Crippen molar-refractivity contribution in [1.82, 2.24) is 0 Å². The van der Waals surface area contributed by atoms with Crippen LogP contribution in [0.5, 0.6) is 0 Å². The SMILES string of the molecule is CC(C)COC(=O)c1cc(C(=O)OCC(C)C)cc(S(=O)(=O)O)c1. The van der Waals surface area contributed by atoms with Gasteiger partial charge in [-0.2, -0.15) is 8.42 Å². The number of hydrogen-bond donors (Lipinski definition) is 1. The first kappa shape index (κ1) is 20.1. The fourth-order valence-corrected chi connectivity index (χ4v) is 2.19. The average molecular weight is 358 g/mol. The van der Waals surface area contributed by atoms with Gasteiger partial charge in [0.05, 0.1) is 29.2 Å². The summed E-state index contributed by atoms with van der Waals surface area (Å²) in [4.78, 5) is 23.5. The summed E-state index contributed by atoms with van der Waals surface area (Å²) in [5.74, 6) is -1.39. The maximum Gasteiger partial charge on any atom is 0.338 e. The van der Waals surface area contributed by atoms with E-state index in [0.29, 0.717) is 0 Å². The van der Waals surface area contributed by atoms with E-state index in [4.69, 9.17) is 9.47 Å². The second kappa shape index (κ2) is 8.25. The van der Waals surface area contributed by atoms with E-state index in [1.54, 1.807) is 0 Å². The van der Waals surface area contributed by atoms with Gasteiger partial charge in [-0.05, 0) is 30.0 Å². The number of hydrogen-bond acceptors (Lipinski definition) is 6. The first-order valence-electron chi connectivity index (χ1n) is 7.47. The first-order valence-corrected chi connectivity index (χ1v) is 8.91. The molecular formula is C16H22O7S. The number of ether oxygens (including phenoxy) is 2. The van der Waals surface area contributed by atoms with Crippen molar-refractivity contribution in [1.29, 1.82) is 0 Å². The van der Waals surface area contributed by atoms with Crippen molar-refractivity contribution in [2.75, 3.05) is 13.2 Å². The van der Waals surface area contributed by atoms with Gasteiger partial charge >= 0.3 is 11.9 Å². The van der Waals surface area contributed by atoms with Gasteiger partial charge in [-0.15, -0.1) is 0 Å². The molecule has 0 heterocycles. The summed E-state index contributed by atoms with van der Waals surface area (Å²) >= 11 is 0. The highest BCUT2D eigenvalue weighted by atomic mass is 32.2. The van der Waals surface area contributed by atoms with Gasteiger partial charge in [0.2, 0.25) is 0 Å². The van der Waals surface area contributed by atoms with E-state index in [0.717, 1.165) is 12.1 Å². The van der Waals surface area contributed by atoms with E-state index in [1.165, 1.54) is 6.07 Å². The van der Waals surface area contributed by atoms with Crippen LogP contribution in [0.1, 0.15) is 48.4 Å². The minimum absolute atomic E-state index is 0.0918. The molecule has 0 radical (unpaired) electrons. The summed E-state index contributed by atoms with van der Waals surface area (Å²) in [5.41, 5.74) is -0.301. The zero-order valence-electron chi connectivity index (χ0n) is 14.1. The predicted molar refractivity (Wildman–Crippen MR) is 86.5 cm³/mol. The fraction of sp³-hybridized carbons (Fsp3) is 0.500. The van der Waals surface area contributed by atoms with E-state index in [2.05, 4.69) is 0 Å². The Morgan fingerprint density at radius 2 is 1.29 bits per heavy atom. The molecule has 0 aromatic heterocycles. The molecular weight excluding hydrogens is 336 g/mol. The van der Waals surface area contributed by atoms with Crippen LogP contribution in [0, 0.1) is 11.8 Å². The van der Waals surface area contributed by atoms with E-state index < -0.39 is 27.0 Å². The summed E-state index contributed by atoms with van der Waals surface area (Å²) in [7, 11) is -4.59. The smallest absolute Gasteiger partial charge is 0.338 e. The Labute approximate surface area is 141 Å². The third-order valence-corrected chi connectivity index (χ3v) is 3.60. The van der Waals surface area contributed by atoms with E-state index in [9.17, 15) is 22.6 Å². The molecule has 0 aliphatic carbocycles. The van der Waals surface area contributed by atoms with Gasteiger partial charge in [0, 0.05) is 0 Å². The Balaban J connectivity index is 3.18. The van der Waals surface area contributed by atoms with E-state index in [-0.39, 0.29) is 36.2 Å². The molecule has 1 aromatic rings. The Kier molecular flexibility index (Phi) is 6.92. The third kappa shape index (κ3) is 6.29. The van der Waals surface area contributed by atoms with Crippen LogP contribution in [0.15, 0.2) is 23.1 Å². The van der Waals surface area contributed by atoms with Crippen molar-refractivity contribution in [2.45, 2.75) is 32.6 Å². The molecule has 7 nitrogen and oxygen atoms in total. The summed E-state index contributed by atoms with van der Waals surface area (Å²) < 4.78 is 42.0. The number of rotatable bonds is 7. The molecule has 134 valence electrons. The predicted octanol–water partition coefficient (Wildman–Crippen LogP) is 2.56. The maximum atomic E-state index is 12.0. The maximum absolute atomic E-state index is 12.0. The highest BCUT2D eigenvalue weighted by Gasteiger charge is 2.20. The lowest BCUT2D eigenvalue weighted by Gasteiger charge is -2.11. The lowest BCUT2D eigenvalue weighted by atomic mass is 10.1. The molecule has 1 aromatic carbocycles. The molecule has 24 heavy (non-hydrogen) atoms. The lowest BCUT2D eigenvalue weighted by Crippen LogP contribution is -2.15. The zero-order valence-corrected chi connectivity index (χ0v) is 14.9. The van der Waals surface area contributed by atoms with Crippen LogP contribution in [0.4, 0.5) is 0 Å². The van der Waals surface area contributed by atoms with Crippen LogP contribution < -0.4 is 0 Å². The third-order valence-electron chi connectivity index (χ3n) is 2.77. The second-order valence-corrected chi connectivity index (χ2v) is 7.63. The van der Waals surface area contributed by atoms with Gasteiger partial charge in [-0.25, -0.2) is 9.59 Å². The minimum Gasteiger partial charge on any atom is -0.462 e. The molecule has 0 amide bonds. The molecule has 1 rings (SSSR count). The van der Waals surface area contributed by atoms with Gasteiger partial charge in [-0.3, -0.25) is 4.55 Å². The minimum atomic E-state index is -4.59. The van der Waals surface area contributed by atoms with Crippen LogP contribution in [0.2, 0.25) is 0 Å². The molecule has 0 saturated carbocycles. The zero-order chi connectivity index (χ0) is 18.5. The monoisotopic (exact) mass is 358 g/mol. The number of benzene rings is 1. The molecule has 0 aliphatic rings. The molecule has 0 aliphatic heterocycles. The number of esters is 2. The Hall–Kier alpha value is -1.93. The second-order valence-electron chi connectivity index (χ2n) is 6.21. The topological polar surface area (TPSA) is 107 Å². The van der Waals surface area contributed by atoms with Gasteiger partial charge in [0.25, 0.3) is 10.1 Å². The molecule has 8 heteroatoms. The van der Waals surface area contributed by atoms with Crippen LogP contribution in [0.25, 0.3) is 0 Å². The van der Waals surface area contributed by atoms with Crippen molar-refractivity contribution in [2.24, 2.45) is 11.8 Å². The largest absolute Gasteiger partial charge is 0.462 e. The highest BCUT2D eigenvalue weighted by Crippen LogP contribution is 2.18. The summed E-state index contributed by atoms with van der Waals surface area (Å²) in [5, 5.41) is 0. The molecule has 0 fully saturated rings. The van der Waals surface area contributed by atoms with Gasteiger partial charge in [-0.1, -0.05) is 27.7 Å². The molecule has 0 spiro atoms. The van der Waals surface area contributed by atoms with Gasteiger partial charge < -0.3 is 9.47 Å². The van der Waals surface area contributed by atoms with Crippen LogP contribution in [-0.4, -0.2) is 38.1 Å². The Morgan fingerprint density at radius 1 is 0.917 bits per heavy atom. The summed E-state index contributed by atoms with van der Waals surface area (Å²) in [6, 6.07) is 3.09. The quantitative estimate of drug-likeness (QED) is 0.589. The number of carbonyl (C=O) groups is 2. The van der Waals surface area contributed by atoms with Crippen molar-refractivity contribution >= 4 is 22.1 Å². The van der Waals surface area contributed by atoms with Crippen LogP contribution >= 0.6 is 0 Å². The number of carbonyl (C=O) groups excluding carboxylic acids is 2. The molecule has 0 atom stereocenters. The van der Waals surface area contributed by atoms with Crippen LogP contribution in [-0.2, 0) is 19.6 Å². The molecule has 0 bridgehead atoms. The van der Waals surface area contributed by atoms with Gasteiger partial charge in [0.15, 0.2) is 0 Å². The van der Waals surface area contributed by atoms with Crippen molar-refractivity contribution in [3.8, 4) is 0 Å². The van der Waals surface area contributed by atoms with Crippen LogP contribution in [0.3, 0.4) is 0 Å². The highest BCUT2D eigenvalue weighted by molar-refractivity contribution is 7.85. The summed E-state index contributed by atoms with van der Waals surface area (Å²) in [6.07, 6.45) is 0.